The molecule has 4 rings (SSSR count). The van der Waals surface area contributed by atoms with E-state index in [2.05, 4.69) is 0 Å². The summed E-state index contributed by atoms with van der Waals surface area (Å²) in [5.74, 6) is -1.89. The van der Waals surface area contributed by atoms with Gasteiger partial charge in [-0.25, -0.2) is 8.78 Å². The van der Waals surface area contributed by atoms with Crippen molar-refractivity contribution in [2.45, 2.75) is 12.5 Å². The molecule has 3 aromatic carbocycles. The Balaban J connectivity index is 1.82. The normalized spacial score (nSPS) is 16.1. The molecule has 0 fully saturated rings. The van der Waals surface area contributed by atoms with Crippen molar-refractivity contribution in [2.24, 2.45) is 0 Å². The van der Waals surface area contributed by atoms with Crippen LogP contribution in [0.15, 0.2) is 66.7 Å². The molecule has 3 aromatic rings. The largest absolute Gasteiger partial charge is 0.327 e. The minimum absolute atomic E-state index is 0.256. The fourth-order valence-electron chi connectivity index (χ4n) is 3.61. The number of carbonyl (C=O) groups is 1. The van der Waals surface area contributed by atoms with Crippen molar-refractivity contribution in [2.75, 3.05) is 6.54 Å². The minimum Gasteiger partial charge on any atom is -0.327 e. The molecule has 0 saturated carbocycles. The number of hydrogen-bond donors (Lipinski definition) is 0. The molecule has 0 radical (unpaired) electrons. The van der Waals surface area contributed by atoms with Gasteiger partial charge in [-0.1, -0.05) is 48.0 Å². The molecule has 1 aliphatic rings. The molecule has 0 aliphatic carbocycles. The third-order valence-electron chi connectivity index (χ3n) is 4.89. The number of fused-ring (bicyclic) bond motifs is 1. The lowest BCUT2D eigenvalue weighted by Gasteiger charge is -2.38. The summed E-state index contributed by atoms with van der Waals surface area (Å²) >= 11 is 6.01. The first-order valence-electron chi connectivity index (χ1n) is 8.64. The van der Waals surface area contributed by atoms with Gasteiger partial charge >= 0.3 is 0 Å². The predicted molar refractivity (Wildman–Crippen MR) is 101 cm³/mol. The highest BCUT2D eigenvalue weighted by atomic mass is 35.5. The molecule has 0 N–H and O–H groups in total. The van der Waals surface area contributed by atoms with Crippen LogP contribution in [0.25, 0.3) is 0 Å². The van der Waals surface area contributed by atoms with Crippen LogP contribution in [0, 0.1) is 11.6 Å². The summed E-state index contributed by atoms with van der Waals surface area (Å²) in [5.41, 5.74) is 2.74. The lowest BCUT2D eigenvalue weighted by atomic mass is 9.87. The zero-order valence-electron chi connectivity index (χ0n) is 14.3. The van der Waals surface area contributed by atoms with Crippen molar-refractivity contribution >= 4 is 17.5 Å². The zero-order chi connectivity index (χ0) is 19.0. The second kappa shape index (κ2) is 7.12. The molecule has 2 nitrogen and oxygen atoms in total. The van der Waals surface area contributed by atoms with Crippen molar-refractivity contribution < 1.29 is 13.6 Å². The maximum absolute atomic E-state index is 14.2. The Bertz CT molecular complexity index is 1000. The van der Waals surface area contributed by atoms with Crippen LogP contribution in [0.3, 0.4) is 0 Å². The molecule has 0 saturated heterocycles. The topological polar surface area (TPSA) is 20.3 Å². The van der Waals surface area contributed by atoms with E-state index in [0.717, 1.165) is 34.9 Å². The highest BCUT2D eigenvalue weighted by Crippen LogP contribution is 2.36. The average Bonchev–Trinajstić information content (AvgIpc) is 2.69. The van der Waals surface area contributed by atoms with Gasteiger partial charge in [0.15, 0.2) is 0 Å². The van der Waals surface area contributed by atoms with E-state index < -0.39 is 17.5 Å². The summed E-state index contributed by atoms with van der Waals surface area (Å²) in [5, 5.41) is 0.594. The van der Waals surface area contributed by atoms with Crippen LogP contribution in [-0.2, 0) is 6.42 Å². The van der Waals surface area contributed by atoms with Gasteiger partial charge in [-0.2, -0.15) is 0 Å². The van der Waals surface area contributed by atoms with Crippen LogP contribution in [0.4, 0.5) is 8.78 Å². The molecule has 0 aromatic heterocycles. The third kappa shape index (κ3) is 3.33. The molecule has 27 heavy (non-hydrogen) atoms. The number of carbonyl (C=O) groups excluding carboxylic acids is 1. The van der Waals surface area contributed by atoms with Crippen molar-refractivity contribution in [3.63, 3.8) is 0 Å². The quantitative estimate of drug-likeness (QED) is 0.579. The Morgan fingerprint density at radius 2 is 1.74 bits per heavy atom. The summed E-state index contributed by atoms with van der Waals surface area (Å²) in [6, 6.07) is 17.7. The number of amides is 1. The molecule has 1 aliphatic heterocycles. The molecule has 1 heterocycles. The van der Waals surface area contributed by atoms with E-state index in [-0.39, 0.29) is 11.6 Å². The first-order valence-corrected chi connectivity index (χ1v) is 9.01. The van der Waals surface area contributed by atoms with Crippen LogP contribution in [0.1, 0.15) is 33.1 Å². The van der Waals surface area contributed by atoms with E-state index >= 15 is 0 Å². The fourth-order valence-corrected chi connectivity index (χ4v) is 3.73. The number of rotatable bonds is 2. The number of nitrogens with zero attached hydrogens (tertiary/aromatic N) is 1. The Morgan fingerprint density at radius 3 is 2.52 bits per heavy atom. The molecular weight excluding hydrogens is 368 g/mol. The van der Waals surface area contributed by atoms with E-state index in [4.69, 9.17) is 11.6 Å². The summed E-state index contributed by atoms with van der Waals surface area (Å²) in [7, 11) is 0. The van der Waals surface area contributed by atoms with Gasteiger partial charge in [-0.05, 0) is 53.4 Å². The minimum atomic E-state index is -0.727. The molecule has 0 spiro atoms. The van der Waals surface area contributed by atoms with Gasteiger partial charge in [0.25, 0.3) is 5.91 Å². The van der Waals surface area contributed by atoms with Gasteiger partial charge < -0.3 is 4.90 Å². The summed E-state index contributed by atoms with van der Waals surface area (Å²) < 4.78 is 27.8. The van der Waals surface area contributed by atoms with E-state index in [1.54, 1.807) is 17.0 Å². The molecule has 1 amide bonds. The van der Waals surface area contributed by atoms with Crippen molar-refractivity contribution in [1.82, 2.24) is 4.90 Å². The average molecular weight is 384 g/mol. The Labute approximate surface area is 161 Å². The van der Waals surface area contributed by atoms with Crippen molar-refractivity contribution in [3.05, 3.63) is 106 Å². The van der Waals surface area contributed by atoms with Gasteiger partial charge in [0, 0.05) is 11.6 Å². The van der Waals surface area contributed by atoms with Gasteiger partial charge in [-0.15, -0.1) is 0 Å². The second-order valence-electron chi connectivity index (χ2n) is 6.53. The summed E-state index contributed by atoms with van der Waals surface area (Å²) in [6.45, 7) is 0.416. The Morgan fingerprint density at radius 1 is 1.00 bits per heavy atom. The van der Waals surface area contributed by atoms with Crippen LogP contribution in [0.5, 0.6) is 0 Å². The zero-order valence-corrected chi connectivity index (χ0v) is 15.1. The van der Waals surface area contributed by atoms with Gasteiger partial charge in [0.1, 0.15) is 11.6 Å². The monoisotopic (exact) mass is 383 g/mol. The predicted octanol–water partition coefficient (Wildman–Crippen LogP) is 5.41. The Hall–Kier alpha value is -2.72. The highest BCUT2D eigenvalue weighted by Gasteiger charge is 2.33. The summed E-state index contributed by atoms with van der Waals surface area (Å²) in [4.78, 5) is 14.7. The van der Waals surface area contributed by atoms with Crippen LogP contribution in [-0.4, -0.2) is 17.4 Å². The van der Waals surface area contributed by atoms with E-state index in [1.165, 1.54) is 0 Å². The molecular formula is C22H16ClF2NO. The second-order valence-corrected chi connectivity index (χ2v) is 6.96. The molecule has 5 heteroatoms. The molecule has 0 unspecified atom stereocenters. The molecule has 136 valence electrons. The smallest absolute Gasteiger partial charge is 0.257 e. The van der Waals surface area contributed by atoms with Crippen LogP contribution >= 0.6 is 11.6 Å². The number of hydrogen-bond acceptors (Lipinski definition) is 1. The maximum atomic E-state index is 14.2. The van der Waals surface area contributed by atoms with Gasteiger partial charge in [0.2, 0.25) is 0 Å². The number of halogens is 3. The first kappa shape index (κ1) is 17.7. The highest BCUT2D eigenvalue weighted by molar-refractivity contribution is 6.30. The Kier molecular flexibility index (Phi) is 4.66. The number of benzene rings is 3. The standard InChI is InChI=1S/C22H16ClF2NO/c23-16-7-5-15(6-8-16)21-18-4-2-1-3-14(18)11-12-26(21)22(27)19-13-17(24)9-10-20(19)25/h1-10,13,21H,11-12H2/t21-/m1/s1. The van der Waals surface area contributed by atoms with Crippen molar-refractivity contribution in [1.29, 1.82) is 0 Å². The van der Waals surface area contributed by atoms with Crippen molar-refractivity contribution in [3.8, 4) is 0 Å². The van der Waals surface area contributed by atoms with Gasteiger partial charge in [0.05, 0.1) is 11.6 Å². The van der Waals surface area contributed by atoms with Crippen LogP contribution < -0.4 is 0 Å². The lowest BCUT2D eigenvalue weighted by Crippen LogP contribution is -2.41. The first-order chi connectivity index (χ1) is 13.0. The third-order valence-corrected chi connectivity index (χ3v) is 5.14. The molecule has 0 bridgehead atoms. The van der Waals surface area contributed by atoms with E-state index in [9.17, 15) is 13.6 Å². The summed E-state index contributed by atoms with van der Waals surface area (Å²) in [6.07, 6.45) is 0.656. The van der Waals surface area contributed by atoms with E-state index in [1.807, 2.05) is 36.4 Å². The fraction of sp³-hybridized carbons (Fsp3) is 0.136. The SMILES string of the molecule is O=C(c1cc(F)ccc1F)N1CCc2ccccc2[C@H]1c1ccc(Cl)cc1. The molecule has 1 atom stereocenters. The maximum Gasteiger partial charge on any atom is 0.257 e. The van der Waals surface area contributed by atoms with Crippen LogP contribution in [0.2, 0.25) is 5.02 Å². The van der Waals surface area contributed by atoms with Gasteiger partial charge in [-0.3, -0.25) is 4.79 Å². The lowest BCUT2D eigenvalue weighted by molar-refractivity contribution is 0.0689. The van der Waals surface area contributed by atoms with E-state index in [0.29, 0.717) is 18.0 Å².